The monoisotopic (exact) mass is 756 g/mol. The molecule has 0 spiro atoms. The second-order valence-electron chi connectivity index (χ2n) is 9.35. The SMILES string of the molecule is CCSC1=CC2=C(c3ccccc3)C=C(SCC)C2=C1.CCSC1=CC2=C(c3ccccc3)C=C(SCC)C2=C1.[Cl-].[Cl-].[Zr+2]. The van der Waals surface area contributed by atoms with Crippen molar-refractivity contribution in [3.05, 3.63) is 150 Å². The molecule has 0 unspecified atom stereocenters. The van der Waals surface area contributed by atoms with E-state index in [1.807, 2.05) is 47.0 Å². The van der Waals surface area contributed by atoms with E-state index in [0.29, 0.717) is 0 Å². The van der Waals surface area contributed by atoms with Crippen LogP contribution in [0.25, 0.3) is 11.1 Å². The summed E-state index contributed by atoms with van der Waals surface area (Å²) in [6.07, 6.45) is 14.1. The number of fused-ring (bicyclic) bond motifs is 2. The van der Waals surface area contributed by atoms with Gasteiger partial charge in [0.2, 0.25) is 0 Å². The van der Waals surface area contributed by atoms with Crippen molar-refractivity contribution >= 4 is 58.2 Å². The fourth-order valence-corrected chi connectivity index (χ4v) is 8.30. The molecule has 6 rings (SSSR count). The van der Waals surface area contributed by atoms with Crippen LogP contribution in [0, 0.1) is 0 Å². The van der Waals surface area contributed by atoms with Crippen molar-refractivity contribution in [2.24, 2.45) is 0 Å². The van der Waals surface area contributed by atoms with Gasteiger partial charge in [0.1, 0.15) is 0 Å². The first kappa shape index (κ1) is 38.4. The largest absolute Gasteiger partial charge is 2.00 e. The maximum absolute atomic E-state index is 2.36. The number of rotatable bonds is 10. The summed E-state index contributed by atoms with van der Waals surface area (Å²) in [6.45, 7) is 8.86. The molecule has 4 aliphatic carbocycles. The van der Waals surface area contributed by atoms with Crippen LogP contribution in [0.2, 0.25) is 0 Å². The van der Waals surface area contributed by atoms with E-state index in [0.717, 1.165) is 23.0 Å². The van der Waals surface area contributed by atoms with Crippen molar-refractivity contribution < 1.29 is 51.0 Å². The van der Waals surface area contributed by atoms with E-state index < -0.39 is 0 Å². The molecule has 0 amide bonds. The fourth-order valence-electron chi connectivity index (χ4n) is 5.15. The molecule has 4 aliphatic rings. The molecule has 2 aromatic rings. The summed E-state index contributed by atoms with van der Waals surface area (Å²) in [5.74, 6) is 4.50. The van der Waals surface area contributed by atoms with Crippen molar-refractivity contribution in [2.45, 2.75) is 27.7 Å². The summed E-state index contributed by atoms with van der Waals surface area (Å²) in [5, 5.41) is 0. The van der Waals surface area contributed by atoms with E-state index in [-0.39, 0.29) is 51.0 Å². The Labute approximate surface area is 307 Å². The number of thioether (sulfide) groups is 4. The van der Waals surface area contributed by atoms with Gasteiger partial charge in [-0.2, -0.15) is 0 Å². The topological polar surface area (TPSA) is 0 Å². The van der Waals surface area contributed by atoms with Crippen LogP contribution in [0.5, 0.6) is 0 Å². The van der Waals surface area contributed by atoms with Gasteiger partial charge in [-0.05, 0) is 104 Å². The van der Waals surface area contributed by atoms with Gasteiger partial charge >= 0.3 is 26.2 Å². The summed E-state index contributed by atoms with van der Waals surface area (Å²) in [4.78, 5) is 5.63. The normalized spacial score (nSPS) is 15.8. The van der Waals surface area contributed by atoms with Gasteiger partial charge < -0.3 is 24.8 Å². The summed E-state index contributed by atoms with van der Waals surface area (Å²) in [6, 6.07) is 21.4. The molecule has 0 radical (unpaired) electrons. The molecule has 0 saturated carbocycles. The van der Waals surface area contributed by atoms with Crippen molar-refractivity contribution in [3.8, 4) is 0 Å². The first-order chi connectivity index (χ1) is 19.7. The van der Waals surface area contributed by atoms with Gasteiger partial charge in [-0.3, -0.25) is 0 Å². The maximum Gasteiger partial charge on any atom is 2.00 e. The average Bonchev–Trinajstić information content (AvgIpc) is 3.73. The Morgan fingerprint density at radius 2 is 0.767 bits per heavy atom. The molecular formula is C36H36Cl2S4Zr. The maximum atomic E-state index is 2.36. The van der Waals surface area contributed by atoms with Gasteiger partial charge in [-0.15, -0.1) is 47.0 Å². The minimum absolute atomic E-state index is 0. The van der Waals surface area contributed by atoms with E-state index in [9.17, 15) is 0 Å². The van der Waals surface area contributed by atoms with Crippen molar-refractivity contribution in [1.29, 1.82) is 0 Å². The smallest absolute Gasteiger partial charge is 1.00 e. The summed E-state index contributed by atoms with van der Waals surface area (Å²) in [7, 11) is 0. The molecule has 7 heteroatoms. The Kier molecular flexibility index (Phi) is 17.0. The minimum Gasteiger partial charge on any atom is -1.00 e. The minimum atomic E-state index is 0. The first-order valence-electron chi connectivity index (χ1n) is 14.1. The molecule has 0 bridgehead atoms. The Bertz CT molecular complexity index is 1400. The second kappa shape index (κ2) is 19.0. The zero-order valence-corrected chi connectivity index (χ0v) is 32.2. The first-order valence-corrected chi connectivity index (χ1v) is 18.0. The molecule has 222 valence electrons. The molecule has 0 N–H and O–H groups in total. The van der Waals surface area contributed by atoms with Crippen molar-refractivity contribution in [1.82, 2.24) is 0 Å². The number of halogens is 2. The van der Waals surface area contributed by atoms with Crippen LogP contribution in [-0.2, 0) is 26.2 Å². The van der Waals surface area contributed by atoms with E-state index in [4.69, 9.17) is 0 Å². The standard InChI is InChI=1S/2C18H18S2.2ClH.Zr/c2*1-3-19-14-10-16-15(13-8-6-5-7-9-13)12-18(20-4-2)17(16)11-14;;;/h2*5-12H,3-4H2,1-2H3;2*1H;/q;;;;+2/p-2. The van der Waals surface area contributed by atoms with Gasteiger partial charge in [0.05, 0.1) is 0 Å². The van der Waals surface area contributed by atoms with Crippen LogP contribution < -0.4 is 24.8 Å². The molecule has 2 aromatic carbocycles. The summed E-state index contributed by atoms with van der Waals surface area (Å²) >= 11 is 7.74. The molecule has 0 aromatic heterocycles. The molecule has 0 heterocycles. The van der Waals surface area contributed by atoms with E-state index >= 15 is 0 Å². The van der Waals surface area contributed by atoms with Crippen LogP contribution in [0.1, 0.15) is 38.8 Å². The second-order valence-corrected chi connectivity index (χ2v) is 14.6. The Morgan fingerprint density at radius 3 is 1.09 bits per heavy atom. The zero-order valence-electron chi connectivity index (χ0n) is 25.0. The van der Waals surface area contributed by atoms with Gasteiger partial charge in [0, 0.05) is 19.6 Å². The predicted molar refractivity (Wildman–Crippen MR) is 188 cm³/mol. The Balaban J connectivity index is 0.000000281. The molecule has 0 aliphatic heterocycles. The number of hydrogen-bond acceptors (Lipinski definition) is 4. The number of allylic oxidation sites excluding steroid dienone is 12. The fraction of sp³-hybridized carbons (Fsp3) is 0.222. The van der Waals surface area contributed by atoms with Gasteiger partial charge in [-0.1, -0.05) is 88.4 Å². The Hall–Kier alpha value is -0.777. The molecule has 0 fully saturated rings. The molecule has 0 nitrogen and oxygen atoms in total. The number of hydrogen-bond donors (Lipinski definition) is 0. The van der Waals surface area contributed by atoms with Crippen LogP contribution in [0.15, 0.2) is 139 Å². The van der Waals surface area contributed by atoms with Gasteiger partial charge in [-0.25, -0.2) is 0 Å². The van der Waals surface area contributed by atoms with E-state index in [1.165, 1.54) is 64.2 Å². The van der Waals surface area contributed by atoms with Crippen molar-refractivity contribution in [3.63, 3.8) is 0 Å². The number of benzene rings is 2. The van der Waals surface area contributed by atoms with Crippen LogP contribution in [0.3, 0.4) is 0 Å². The third-order valence-electron chi connectivity index (χ3n) is 6.78. The predicted octanol–water partition coefficient (Wildman–Crippen LogP) is 5.34. The molecular weight excluding hydrogens is 723 g/mol. The Morgan fingerprint density at radius 1 is 0.419 bits per heavy atom. The van der Waals surface area contributed by atoms with Gasteiger partial charge in [0.15, 0.2) is 0 Å². The quantitative estimate of drug-likeness (QED) is 0.321. The van der Waals surface area contributed by atoms with E-state index in [1.54, 1.807) is 0 Å². The summed E-state index contributed by atoms with van der Waals surface area (Å²) in [5.41, 5.74) is 11.0. The van der Waals surface area contributed by atoms with Crippen LogP contribution >= 0.6 is 47.0 Å². The van der Waals surface area contributed by atoms with Crippen LogP contribution in [-0.4, -0.2) is 23.0 Å². The third kappa shape index (κ3) is 9.16. The molecule has 43 heavy (non-hydrogen) atoms. The van der Waals surface area contributed by atoms with Crippen LogP contribution in [0.4, 0.5) is 0 Å². The van der Waals surface area contributed by atoms with Gasteiger partial charge in [0.25, 0.3) is 0 Å². The zero-order chi connectivity index (χ0) is 27.9. The summed E-state index contributed by atoms with van der Waals surface area (Å²) < 4.78 is 0. The molecule has 0 atom stereocenters. The van der Waals surface area contributed by atoms with E-state index in [2.05, 4.69) is 125 Å². The molecule has 0 saturated heterocycles. The van der Waals surface area contributed by atoms with Crippen molar-refractivity contribution in [2.75, 3.05) is 23.0 Å². The third-order valence-corrected chi connectivity index (χ3v) is 10.4. The average molecular weight is 759 g/mol.